The van der Waals surface area contributed by atoms with Crippen molar-refractivity contribution < 1.29 is 0 Å². The Morgan fingerprint density at radius 3 is 1.50 bits per heavy atom. The molecule has 1 fully saturated rings. The summed E-state index contributed by atoms with van der Waals surface area (Å²) in [5.41, 5.74) is 0. The molecule has 1 heterocycles. The largest absolute Gasteiger partial charge is 0.0962 e. The van der Waals surface area contributed by atoms with E-state index in [2.05, 4.69) is 13.8 Å². The number of hydrogen-bond acceptors (Lipinski definition) is 0. The van der Waals surface area contributed by atoms with E-state index in [0.717, 1.165) is 0 Å². The van der Waals surface area contributed by atoms with E-state index >= 15 is 0 Å². The van der Waals surface area contributed by atoms with Gasteiger partial charge in [0.25, 0.3) is 0 Å². The van der Waals surface area contributed by atoms with Gasteiger partial charge in [0.05, 0.1) is 6.60 Å². The summed E-state index contributed by atoms with van der Waals surface area (Å²) in [7, 11) is 28.5. The van der Waals surface area contributed by atoms with E-state index in [4.69, 9.17) is 38.7 Å². The van der Waals surface area contributed by atoms with E-state index < -0.39 is 12.8 Å². The minimum atomic E-state index is -0.547. The maximum Gasteiger partial charge on any atom is 0.0962 e. The van der Waals surface area contributed by atoms with Crippen LogP contribution >= 0.6 is 0 Å². The lowest BCUT2D eigenvalue weighted by molar-refractivity contribution is 1.02. The van der Waals surface area contributed by atoms with Gasteiger partial charge in [0.15, 0.2) is 0 Å². The van der Waals surface area contributed by atoms with Crippen LogP contribution in [0.1, 0.15) is 13.8 Å². The Morgan fingerprint density at radius 1 is 0.857 bits per heavy atom. The van der Waals surface area contributed by atoms with E-state index in [0.29, 0.717) is 18.2 Å². The van der Waals surface area contributed by atoms with Crippen molar-refractivity contribution in [1.82, 2.24) is 0 Å². The topological polar surface area (TPSA) is 0 Å². The first kappa shape index (κ1) is 12.7. The molecule has 0 bridgehead atoms. The summed E-state index contributed by atoms with van der Waals surface area (Å²) in [6, 6.07) is 0. The molecule has 2 unspecified atom stereocenters. The lowest BCUT2D eigenvalue weighted by Crippen LogP contribution is -2.63. The van der Waals surface area contributed by atoms with Gasteiger partial charge in [-0.25, -0.2) is 0 Å². The van der Waals surface area contributed by atoms with Gasteiger partial charge < -0.3 is 0 Å². The molecule has 0 aromatic carbocycles. The van der Waals surface area contributed by atoms with Crippen molar-refractivity contribution in [3.8, 4) is 0 Å². The summed E-state index contributed by atoms with van der Waals surface area (Å²) in [6.07, 6.45) is -1.26. The Kier molecular flexibility index (Phi) is 4.23. The van der Waals surface area contributed by atoms with Crippen LogP contribution in [0, 0.1) is 0 Å². The molecule has 14 heavy (non-hydrogen) atoms. The summed E-state index contributed by atoms with van der Waals surface area (Å²) >= 11 is 0. The van der Waals surface area contributed by atoms with Gasteiger partial charge in [-0.15, -0.1) is 0 Å². The fraction of sp³-hybridized carbons (Fsp3) is 1.00. The third-order valence-electron chi connectivity index (χ3n) is 3.68. The fourth-order valence-electron chi connectivity index (χ4n) is 2.43. The van der Waals surface area contributed by atoms with Crippen LogP contribution in [0.4, 0.5) is 0 Å². The Labute approximate surface area is 96.5 Å². The zero-order chi connectivity index (χ0) is 11.0. The van der Waals surface area contributed by atoms with Crippen molar-refractivity contribution in [3.63, 3.8) is 0 Å². The predicted octanol–water partition coefficient (Wildman–Crippen LogP) is -2.11. The zero-order valence-corrected chi connectivity index (χ0v) is 8.93. The molecule has 0 aliphatic carbocycles. The molecule has 0 aromatic heterocycles. The van der Waals surface area contributed by atoms with Crippen LogP contribution in [0.2, 0.25) is 11.6 Å². The van der Waals surface area contributed by atoms with Crippen molar-refractivity contribution in [2.45, 2.75) is 25.5 Å². The molecule has 2 atom stereocenters. The minimum Gasteiger partial charge on any atom is -0.0774 e. The molecule has 0 amide bonds. The van der Waals surface area contributed by atoms with Gasteiger partial charge in [-0.05, 0) is 0 Å². The normalized spacial score (nSPS) is 24.3. The summed E-state index contributed by atoms with van der Waals surface area (Å²) < 4.78 is 0. The second-order valence-corrected chi connectivity index (χ2v) is 4.60. The van der Waals surface area contributed by atoms with Crippen LogP contribution in [0.25, 0.3) is 0 Å². The van der Waals surface area contributed by atoms with Gasteiger partial charge in [-0.2, -0.15) is 0 Å². The van der Waals surface area contributed by atoms with Crippen molar-refractivity contribution in [1.29, 1.82) is 0 Å². The summed E-state index contributed by atoms with van der Waals surface area (Å²) in [5, 5.41) is 0. The molecule has 54 valence electrons. The highest BCUT2D eigenvalue weighted by atomic mass is 14.2. The molecule has 1 rings (SSSR count). The van der Waals surface area contributed by atoms with Gasteiger partial charge in [-0.1, -0.05) is 25.5 Å². The van der Waals surface area contributed by atoms with E-state index in [1.165, 1.54) is 0 Å². The molecule has 0 saturated carbocycles. The first-order valence-corrected chi connectivity index (χ1v) is 5.15. The van der Waals surface area contributed by atoms with Crippen molar-refractivity contribution >= 4 is 70.8 Å². The molecule has 0 N–H and O–H groups in total. The first-order chi connectivity index (χ1) is 6.37. The van der Waals surface area contributed by atoms with Crippen LogP contribution in [0.3, 0.4) is 0 Å². The van der Waals surface area contributed by atoms with Crippen LogP contribution in [0.5, 0.6) is 0 Å². The van der Waals surface area contributed by atoms with Gasteiger partial charge >= 0.3 is 0 Å². The Bertz CT molecular complexity index is 176. The average Bonchev–Trinajstić information content (AvgIpc) is 2.62. The maximum atomic E-state index is 5.92. The Morgan fingerprint density at radius 2 is 1.29 bits per heavy atom. The summed E-state index contributed by atoms with van der Waals surface area (Å²) in [6.45, 7) is 4.83. The highest BCUT2D eigenvalue weighted by molar-refractivity contribution is 8.01. The number of hydrogen-bond donors (Lipinski definition) is 0. The Hall–Kier alpha value is 0.649. The van der Waals surface area contributed by atoms with E-state index in [1.807, 2.05) is 0 Å². The molecule has 0 aromatic rings. The predicted molar refractivity (Wildman–Crippen MR) is 76.4 cm³/mol. The van der Waals surface area contributed by atoms with E-state index in [1.54, 1.807) is 0 Å². The molecule has 1 saturated heterocycles. The van der Waals surface area contributed by atoms with Crippen LogP contribution in [0.15, 0.2) is 0 Å². The molecular weight excluding hydrogens is 156 g/mol. The third kappa shape index (κ3) is 2.42. The molecule has 1 aliphatic heterocycles. The monoisotopic (exact) mass is 166 g/mol. The quantitative estimate of drug-likeness (QED) is 0.417. The molecule has 0 spiro atoms. The molecule has 1 aliphatic rings. The van der Waals surface area contributed by atoms with Crippen LogP contribution < -0.4 is 0 Å². The van der Waals surface area contributed by atoms with Crippen molar-refractivity contribution in [3.05, 3.63) is 0 Å². The summed E-state index contributed by atoms with van der Waals surface area (Å²) in [4.78, 5) is 0. The standard InChI is InChI=1S/C4H8B10/c1-3-4(2)10(3)14(12(7)8)13(9)11(5)6/h3-4H,1-2H3. The first-order valence-electron chi connectivity index (χ1n) is 5.15. The fourth-order valence-corrected chi connectivity index (χ4v) is 2.43. The van der Waals surface area contributed by atoms with Gasteiger partial charge in [-0.3, -0.25) is 0 Å². The lowest BCUT2D eigenvalue weighted by atomic mass is 8.57. The second-order valence-electron chi connectivity index (χ2n) is 4.60. The lowest BCUT2D eigenvalue weighted by Gasteiger charge is -2.25. The summed E-state index contributed by atoms with van der Waals surface area (Å²) in [5.74, 6) is 1.25. The zero-order valence-electron chi connectivity index (χ0n) is 8.93. The highest BCUT2D eigenvalue weighted by Gasteiger charge is 2.53. The van der Waals surface area contributed by atoms with Crippen molar-refractivity contribution in [2.24, 2.45) is 0 Å². The van der Waals surface area contributed by atoms with Gasteiger partial charge in [0, 0.05) is 64.2 Å². The van der Waals surface area contributed by atoms with E-state index in [-0.39, 0.29) is 12.8 Å². The van der Waals surface area contributed by atoms with E-state index in [9.17, 15) is 0 Å². The molecule has 10 heteroatoms. The van der Waals surface area contributed by atoms with Crippen molar-refractivity contribution in [2.75, 3.05) is 0 Å². The number of rotatable bonds is 4. The van der Waals surface area contributed by atoms with Gasteiger partial charge in [0.1, 0.15) is 0 Å². The van der Waals surface area contributed by atoms with Gasteiger partial charge in [0.2, 0.25) is 0 Å². The highest BCUT2D eigenvalue weighted by Crippen LogP contribution is 2.49. The van der Waals surface area contributed by atoms with Crippen LogP contribution in [-0.4, -0.2) is 70.8 Å². The second kappa shape index (κ2) is 4.66. The maximum absolute atomic E-state index is 5.92. The molecule has 10 radical (unpaired) electrons. The molecule has 0 nitrogen and oxygen atoms in total. The SMILES string of the molecule is [B]B([B])B([B])B(B([B])[B])B1C(C)C1C. The third-order valence-corrected chi connectivity index (χ3v) is 3.68. The molecular formula is C4H8B10. The average molecular weight is 164 g/mol. The smallest absolute Gasteiger partial charge is 0.0774 e. The minimum absolute atomic E-state index is 0.0278. The van der Waals surface area contributed by atoms with Crippen LogP contribution in [-0.2, 0) is 0 Å². The Balaban J connectivity index is 2.66.